The van der Waals surface area contributed by atoms with Gasteiger partial charge in [0.15, 0.2) is 0 Å². The van der Waals surface area contributed by atoms with E-state index in [1.54, 1.807) is 30.3 Å². The molecule has 2 aromatic carbocycles. The molecule has 4 heteroatoms. The molecule has 1 aliphatic carbocycles. The molecule has 3 atom stereocenters. The van der Waals surface area contributed by atoms with Gasteiger partial charge in [0.05, 0.1) is 17.0 Å². The number of para-hydroxylation sites is 1. The number of hydrogen-bond acceptors (Lipinski definition) is 3. The third-order valence-electron chi connectivity index (χ3n) is 5.91. The maximum absolute atomic E-state index is 13.6. The lowest BCUT2D eigenvalue weighted by atomic mass is 9.60. The lowest BCUT2D eigenvalue weighted by Gasteiger charge is -2.40. The van der Waals surface area contributed by atoms with Gasteiger partial charge in [0.1, 0.15) is 5.75 Å². The van der Waals surface area contributed by atoms with Crippen LogP contribution in [0.4, 0.5) is 5.69 Å². The van der Waals surface area contributed by atoms with Crippen molar-refractivity contribution >= 4 is 17.5 Å². The summed E-state index contributed by atoms with van der Waals surface area (Å²) < 4.78 is 0. The van der Waals surface area contributed by atoms with Crippen molar-refractivity contribution < 1.29 is 14.7 Å². The second-order valence-corrected chi connectivity index (χ2v) is 7.32. The molecule has 1 fully saturated rings. The van der Waals surface area contributed by atoms with Gasteiger partial charge in [0.2, 0.25) is 11.8 Å². The monoisotopic (exact) mass is 359 g/mol. The Morgan fingerprint density at radius 3 is 2.41 bits per heavy atom. The summed E-state index contributed by atoms with van der Waals surface area (Å²) in [6.07, 6.45) is 4.29. The summed E-state index contributed by atoms with van der Waals surface area (Å²) >= 11 is 0. The number of imide groups is 1. The lowest BCUT2D eigenvalue weighted by molar-refractivity contribution is -0.127. The summed E-state index contributed by atoms with van der Waals surface area (Å²) in [7, 11) is 0. The highest BCUT2D eigenvalue weighted by molar-refractivity contribution is 6.24. The van der Waals surface area contributed by atoms with E-state index in [9.17, 15) is 14.7 Å². The van der Waals surface area contributed by atoms with Gasteiger partial charge in [-0.15, -0.1) is 0 Å². The molecule has 1 heterocycles. The molecule has 2 amide bonds. The number of anilines is 1. The number of aromatic hydroxyl groups is 1. The van der Waals surface area contributed by atoms with Crippen LogP contribution in [-0.2, 0) is 9.59 Å². The van der Waals surface area contributed by atoms with Crippen LogP contribution in [0, 0.1) is 11.3 Å². The van der Waals surface area contributed by atoms with E-state index < -0.39 is 11.3 Å². The zero-order chi connectivity index (χ0) is 19.2. The topological polar surface area (TPSA) is 57.6 Å². The molecule has 1 aliphatic heterocycles. The fraction of sp³-hybridized carbons (Fsp3) is 0.217. The first-order chi connectivity index (χ1) is 13.0. The van der Waals surface area contributed by atoms with Crippen LogP contribution in [0.5, 0.6) is 5.75 Å². The van der Waals surface area contributed by atoms with Gasteiger partial charge in [-0.25, -0.2) is 4.90 Å². The molecule has 4 rings (SSSR count). The van der Waals surface area contributed by atoms with Gasteiger partial charge in [0.25, 0.3) is 0 Å². The molecule has 2 aliphatic rings. The second kappa shape index (κ2) is 6.23. The predicted octanol–water partition coefficient (Wildman–Crippen LogP) is 4.19. The number of phenols is 1. The van der Waals surface area contributed by atoms with Crippen LogP contribution in [0.3, 0.4) is 0 Å². The van der Waals surface area contributed by atoms with Crippen molar-refractivity contribution in [3.63, 3.8) is 0 Å². The standard InChI is InChI=1S/C23H21NO3/c1-3-15-11-14-19-21(26)24(17-7-5-4-6-8-17)22(27)23(19,2)20(15)16-9-12-18(25)13-10-16/h3-13,19-20,25H,1,14H2,2H3/t19-,20+,23+/m0/s1. The fourth-order valence-electron chi connectivity index (χ4n) is 4.52. The van der Waals surface area contributed by atoms with E-state index >= 15 is 0 Å². The Morgan fingerprint density at radius 2 is 1.78 bits per heavy atom. The Kier molecular flexibility index (Phi) is 3.99. The molecule has 2 aromatic rings. The molecule has 0 bridgehead atoms. The molecule has 4 nitrogen and oxygen atoms in total. The third-order valence-corrected chi connectivity index (χ3v) is 5.91. The number of amides is 2. The van der Waals surface area contributed by atoms with Crippen LogP contribution in [0.1, 0.15) is 24.8 Å². The van der Waals surface area contributed by atoms with Crippen molar-refractivity contribution in [3.05, 3.63) is 84.5 Å². The number of rotatable bonds is 3. The summed E-state index contributed by atoms with van der Waals surface area (Å²) in [5, 5.41) is 9.65. The molecule has 0 radical (unpaired) electrons. The number of carbonyl (C=O) groups excluding carboxylic acids is 2. The smallest absolute Gasteiger partial charge is 0.241 e. The van der Waals surface area contributed by atoms with Gasteiger partial charge in [-0.2, -0.15) is 0 Å². The maximum atomic E-state index is 13.6. The largest absolute Gasteiger partial charge is 0.508 e. The summed E-state index contributed by atoms with van der Waals surface area (Å²) in [4.78, 5) is 28.1. The molecule has 136 valence electrons. The Bertz CT molecular complexity index is 945. The van der Waals surface area contributed by atoms with Crippen molar-refractivity contribution in [3.8, 4) is 5.75 Å². The maximum Gasteiger partial charge on any atom is 0.241 e. The van der Waals surface area contributed by atoms with Crippen molar-refractivity contribution in [2.75, 3.05) is 4.90 Å². The van der Waals surface area contributed by atoms with Crippen LogP contribution >= 0.6 is 0 Å². The van der Waals surface area contributed by atoms with Gasteiger partial charge >= 0.3 is 0 Å². The lowest BCUT2D eigenvalue weighted by Crippen LogP contribution is -2.41. The van der Waals surface area contributed by atoms with Gasteiger partial charge in [-0.3, -0.25) is 9.59 Å². The highest BCUT2D eigenvalue weighted by atomic mass is 16.3. The van der Waals surface area contributed by atoms with E-state index in [4.69, 9.17) is 0 Å². The Hall–Kier alpha value is -3.14. The summed E-state index contributed by atoms with van der Waals surface area (Å²) in [6, 6.07) is 15.9. The Balaban J connectivity index is 1.86. The van der Waals surface area contributed by atoms with Crippen molar-refractivity contribution in [2.45, 2.75) is 19.3 Å². The van der Waals surface area contributed by atoms with E-state index in [2.05, 4.69) is 6.58 Å². The minimum absolute atomic E-state index is 0.156. The van der Waals surface area contributed by atoms with E-state index in [0.717, 1.165) is 11.1 Å². The normalized spacial score (nSPS) is 27.3. The highest BCUT2D eigenvalue weighted by Crippen LogP contribution is 2.56. The van der Waals surface area contributed by atoms with Gasteiger partial charge in [-0.1, -0.05) is 49.1 Å². The number of allylic oxidation sites excluding steroid dienone is 3. The Morgan fingerprint density at radius 1 is 1.11 bits per heavy atom. The number of benzene rings is 2. The third kappa shape index (κ3) is 2.44. The minimum atomic E-state index is -0.901. The average Bonchev–Trinajstić information content (AvgIpc) is 2.88. The predicted molar refractivity (Wildman–Crippen MR) is 104 cm³/mol. The first-order valence-corrected chi connectivity index (χ1v) is 9.03. The highest BCUT2D eigenvalue weighted by Gasteiger charge is 2.62. The van der Waals surface area contributed by atoms with E-state index in [0.29, 0.717) is 12.1 Å². The molecule has 0 unspecified atom stereocenters. The molecular weight excluding hydrogens is 338 g/mol. The van der Waals surface area contributed by atoms with Crippen molar-refractivity contribution in [1.82, 2.24) is 0 Å². The molecule has 27 heavy (non-hydrogen) atoms. The molecule has 0 aromatic heterocycles. The first kappa shape index (κ1) is 17.3. The molecule has 1 saturated heterocycles. The second-order valence-electron chi connectivity index (χ2n) is 7.32. The van der Waals surface area contributed by atoms with Gasteiger partial charge in [0, 0.05) is 5.92 Å². The number of phenolic OH excluding ortho intramolecular Hbond substituents is 1. The Labute approximate surface area is 158 Å². The molecule has 1 N–H and O–H groups in total. The minimum Gasteiger partial charge on any atom is -0.508 e. The van der Waals surface area contributed by atoms with Crippen LogP contribution in [0.25, 0.3) is 0 Å². The summed E-state index contributed by atoms with van der Waals surface area (Å²) in [5.41, 5.74) is 1.53. The number of hydrogen-bond donors (Lipinski definition) is 1. The zero-order valence-corrected chi connectivity index (χ0v) is 15.1. The molecule has 0 spiro atoms. The molecule has 0 saturated carbocycles. The van der Waals surface area contributed by atoms with Crippen LogP contribution in [0.2, 0.25) is 0 Å². The van der Waals surface area contributed by atoms with Crippen LogP contribution in [-0.4, -0.2) is 16.9 Å². The SMILES string of the molecule is C=CC1=CC[C@H]2C(=O)N(c3ccccc3)C(=O)[C@@]2(C)[C@H]1c1ccc(O)cc1. The van der Waals surface area contributed by atoms with Crippen LogP contribution in [0.15, 0.2) is 78.9 Å². The number of fused-ring (bicyclic) bond motifs is 1. The number of carbonyl (C=O) groups is 2. The fourth-order valence-corrected chi connectivity index (χ4v) is 4.52. The van der Waals surface area contributed by atoms with E-state index in [1.807, 2.05) is 43.3 Å². The van der Waals surface area contributed by atoms with Crippen LogP contribution < -0.4 is 4.90 Å². The average molecular weight is 359 g/mol. The molecular formula is C23H21NO3. The quantitative estimate of drug-likeness (QED) is 0.836. The van der Waals surface area contributed by atoms with E-state index in [-0.39, 0.29) is 23.5 Å². The van der Waals surface area contributed by atoms with Crippen molar-refractivity contribution in [2.24, 2.45) is 11.3 Å². The first-order valence-electron chi connectivity index (χ1n) is 9.03. The zero-order valence-electron chi connectivity index (χ0n) is 15.1. The van der Waals surface area contributed by atoms with Crippen molar-refractivity contribution in [1.29, 1.82) is 0 Å². The summed E-state index contributed by atoms with van der Waals surface area (Å²) in [5.74, 6) is -0.890. The van der Waals surface area contributed by atoms with E-state index in [1.165, 1.54) is 4.90 Å². The number of nitrogens with zero attached hydrogens (tertiary/aromatic N) is 1. The van der Waals surface area contributed by atoms with Gasteiger partial charge in [-0.05, 0) is 48.7 Å². The summed E-state index contributed by atoms with van der Waals surface area (Å²) in [6.45, 7) is 5.80. The van der Waals surface area contributed by atoms with Gasteiger partial charge < -0.3 is 5.11 Å².